The third-order valence-corrected chi connectivity index (χ3v) is 2.73. The molecule has 2 rings (SSSR count). The van der Waals surface area contributed by atoms with Crippen LogP contribution in [0.5, 0.6) is 0 Å². The Balaban J connectivity index is 0.000000491. The number of aryl methyl sites for hydroxylation is 1. The zero-order chi connectivity index (χ0) is 15.8. The molecule has 0 bridgehead atoms. The molecular formula is C14H20N4O3. The van der Waals surface area contributed by atoms with Crippen molar-refractivity contribution in [3.8, 4) is 0 Å². The van der Waals surface area contributed by atoms with E-state index in [9.17, 15) is 4.79 Å². The number of hydrogen-bond acceptors (Lipinski definition) is 3. The van der Waals surface area contributed by atoms with Crippen molar-refractivity contribution >= 4 is 23.2 Å². The fraction of sp³-hybridized carbons (Fsp3) is 0.357. The summed E-state index contributed by atoms with van der Waals surface area (Å²) in [7, 11) is 0. The van der Waals surface area contributed by atoms with Gasteiger partial charge in [0.25, 0.3) is 0 Å². The van der Waals surface area contributed by atoms with Gasteiger partial charge in [0, 0.05) is 6.54 Å². The van der Waals surface area contributed by atoms with Gasteiger partial charge in [0.1, 0.15) is 6.33 Å². The van der Waals surface area contributed by atoms with Crippen molar-refractivity contribution in [3.05, 3.63) is 30.1 Å². The molecule has 0 saturated heterocycles. The number of hydrogen-bond donors (Lipinski definition) is 3. The number of nitrogens with two attached hydrogens (primary N) is 1. The van der Waals surface area contributed by atoms with Crippen LogP contribution in [-0.2, 0) is 0 Å². The van der Waals surface area contributed by atoms with Crippen LogP contribution in [0.25, 0.3) is 11.0 Å². The van der Waals surface area contributed by atoms with Gasteiger partial charge in [0.2, 0.25) is 0 Å². The van der Waals surface area contributed by atoms with Crippen molar-refractivity contribution in [1.82, 2.24) is 14.9 Å². The van der Waals surface area contributed by atoms with E-state index < -0.39 is 6.09 Å². The molecule has 2 amide bonds. The Bertz CT molecular complexity index is 618. The number of primary amides is 1. The Morgan fingerprint density at radius 2 is 2.10 bits per heavy atom. The highest BCUT2D eigenvalue weighted by Gasteiger charge is 2.08. The molecule has 0 fully saturated rings. The van der Waals surface area contributed by atoms with Crippen LogP contribution < -0.4 is 11.1 Å². The molecule has 0 radical (unpaired) electrons. The molecule has 7 heteroatoms. The number of carboxylic acid groups (broad SMARTS) is 1. The maximum Gasteiger partial charge on any atom is 0.402 e. The summed E-state index contributed by atoms with van der Waals surface area (Å²) in [5.74, 6) is 0. The first-order chi connectivity index (χ1) is 9.95. The first-order valence-electron chi connectivity index (χ1n) is 6.66. The molecule has 0 unspecified atom stereocenters. The highest BCUT2D eigenvalue weighted by Crippen LogP contribution is 2.13. The van der Waals surface area contributed by atoms with Gasteiger partial charge in [-0.1, -0.05) is 19.4 Å². The van der Waals surface area contributed by atoms with Gasteiger partial charge in [-0.05, 0) is 31.0 Å². The number of benzene rings is 1. The van der Waals surface area contributed by atoms with E-state index in [1.165, 1.54) is 0 Å². The second kappa shape index (κ2) is 7.88. The highest BCUT2D eigenvalue weighted by molar-refractivity contribution is 5.89. The first-order valence-corrected chi connectivity index (χ1v) is 6.66. The standard InChI is InChI=1S/C13H17N3O.CH3NO2/c1-3-4-7-14-13(17)16-9-15-11-8-10(2)5-6-12(11)16;2-1(3)4/h5-6,8-9H,3-4,7H2,1-2H3,(H,14,17);2H2,(H,3,4). The van der Waals surface area contributed by atoms with Crippen molar-refractivity contribution in [3.63, 3.8) is 0 Å². The number of unbranched alkanes of at least 4 members (excludes halogenated alkanes) is 1. The molecule has 2 aromatic rings. The van der Waals surface area contributed by atoms with E-state index in [0.717, 1.165) is 29.4 Å². The minimum atomic E-state index is -1.33. The second-order valence-electron chi connectivity index (χ2n) is 4.53. The molecule has 1 aromatic carbocycles. The van der Waals surface area contributed by atoms with E-state index in [4.69, 9.17) is 9.90 Å². The molecule has 21 heavy (non-hydrogen) atoms. The molecule has 0 saturated carbocycles. The summed E-state index contributed by atoms with van der Waals surface area (Å²) in [5, 5.41) is 10.1. The predicted octanol–water partition coefficient (Wildman–Crippen LogP) is 2.33. The van der Waals surface area contributed by atoms with Crippen LogP contribution in [0.2, 0.25) is 0 Å². The summed E-state index contributed by atoms with van der Waals surface area (Å²) >= 11 is 0. The normalized spacial score (nSPS) is 9.81. The van der Waals surface area contributed by atoms with E-state index in [-0.39, 0.29) is 6.03 Å². The average molecular weight is 292 g/mol. The van der Waals surface area contributed by atoms with E-state index in [0.29, 0.717) is 6.54 Å². The molecule has 7 nitrogen and oxygen atoms in total. The molecule has 0 spiro atoms. The second-order valence-corrected chi connectivity index (χ2v) is 4.53. The van der Waals surface area contributed by atoms with Crippen LogP contribution in [0.4, 0.5) is 9.59 Å². The van der Waals surface area contributed by atoms with Gasteiger partial charge in [-0.2, -0.15) is 0 Å². The lowest BCUT2D eigenvalue weighted by atomic mass is 10.2. The van der Waals surface area contributed by atoms with Gasteiger partial charge in [0.05, 0.1) is 11.0 Å². The molecule has 0 aliphatic rings. The van der Waals surface area contributed by atoms with Crippen molar-refractivity contribution in [2.24, 2.45) is 5.73 Å². The van der Waals surface area contributed by atoms with Gasteiger partial charge < -0.3 is 16.2 Å². The monoisotopic (exact) mass is 292 g/mol. The predicted molar refractivity (Wildman–Crippen MR) is 80.4 cm³/mol. The van der Waals surface area contributed by atoms with Crippen molar-refractivity contribution in [2.75, 3.05) is 6.54 Å². The van der Waals surface area contributed by atoms with E-state index in [2.05, 4.69) is 23.0 Å². The fourth-order valence-electron chi connectivity index (χ4n) is 1.74. The van der Waals surface area contributed by atoms with Crippen molar-refractivity contribution in [1.29, 1.82) is 0 Å². The number of rotatable bonds is 3. The van der Waals surface area contributed by atoms with E-state index in [1.807, 2.05) is 25.1 Å². The maximum absolute atomic E-state index is 11.9. The number of aromatic nitrogens is 2. The largest absolute Gasteiger partial charge is 0.465 e. The van der Waals surface area contributed by atoms with Gasteiger partial charge >= 0.3 is 12.1 Å². The van der Waals surface area contributed by atoms with Crippen LogP contribution >= 0.6 is 0 Å². The van der Waals surface area contributed by atoms with Crippen molar-refractivity contribution < 1.29 is 14.7 Å². The highest BCUT2D eigenvalue weighted by atomic mass is 16.4. The minimum Gasteiger partial charge on any atom is -0.465 e. The van der Waals surface area contributed by atoms with Gasteiger partial charge in [-0.25, -0.2) is 14.6 Å². The summed E-state index contributed by atoms with van der Waals surface area (Å²) in [4.78, 5) is 24.9. The smallest absolute Gasteiger partial charge is 0.402 e. The van der Waals surface area contributed by atoms with Crippen LogP contribution in [0.15, 0.2) is 24.5 Å². The number of nitrogens with one attached hydrogen (secondary N) is 1. The van der Waals surface area contributed by atoms with E-state index >= 15 is 0 Å². The third-order valence-electron chi connectivity index (χ3n) is 2.73. The summed E-state index contributed by atoms with van der Waals surface area (Å²) in [6, 6.07) is 5.78. The number of amides is 2. The topological polar surface area (TPSA) is 110 Å². The molecule has 114 valence electrons. The van der Waals surface area contributed by atoms with Crippen LogP contribution in [0.1, 0.15) is 25.3 Å². The molecule has 1 heterocycles. The Morgan fingerprint density at radius 1 is 1.43 bits per heavy atom. The van der Waals surface area contributed by atoms with Gasteiger partial charge in [-0.3, -0.25) is 4.57 Å². The fourth-order valence-corrected chi connectivity index (χ4v) is 1.74. The lowest BCUT2D eigenvalue weighted by molar-refractivity contribution is 0.205. The van der Waals surface area contributed by atoms with Crippen LogP contribution in [0.3, 0.4) is 0 Å². The summed E-state index contributed by atoms with van der Waals surface area (Å²) < 4.78 is 1.56. The zero-order valence-corrected chi connectivity index (χ0v) is 12.2. The minimum absolute atomic E-state index is 0.107. The Labute approximate surface area is 122 Å². The summed E-state index contributed by atoms with van der Waals surface area (Å²) in [5.41, 5.74) is 6.88. The van der Waals surface area contributed by atoms with Crippen LogP contribution in [-0.4, -0.2) is 33.3 Å². The quantitative estimate of drug-likeness (QED) is 0.754. The Hall–Kier alpha value is -2.57. The summed E-state index contributed by atoms with van der Waals surface area (Å²) in [6.45, 7) is 4.82. The Morgan fingerprint density at radius 3 is 2.71 bits per heavy atom. The molecule has 0 atom stereocenters. The molecule has 0 aliphatic carbocycles. The van der Waals surface area contributed by atoms with Crippen molar-refractivity contribution in [2.45, 2.75) is 26.7 Å². The lowest BCUT2D eigenvalue weighted by Crippen LogP contribution is -2.28. The number of carbonyl (C=O) groups excluding carboxylic acids is 1. The van der Waals surface area contributed by atoms with Gasteiger partial charge in [0.15, 0.2) is 0 Å². The molecule has 0 aliphatic heterocycles. The number of carbonyl (C=O) groups is 2. The average Bonchev–Trinajstić information content (AvgIpc) is 2.81. The Kier molecular flexibility index (Phi) is 6.19. The van der Waals surface area contributed by atoms with E-state index in [1.54, 1.807) is 10.9 Å². The SMILES string of the molecule is CCCCNC(=O)n1cnc2cc(C)ccc21.NC(=O)O. The maximum atomic E-state index is 11.9. The number of imidazole rings is 1. The zero-order valence-electron chi connectivity index (χ0n) is 12.2. The summed E-state index contributed by atoms with van der Waals surface area (Å²) in [6.07, 6.45) is 2.31. The third kappa shape index (κ3) is 5.13. The van der Waals surface area contributed by atoms with Crippen LogP contribution in [0, 0.1) is 6.92 Å². The number of nitrogens with zero attached hydrogens (tertiary/aromatic N) is 2. The molecule has 1 aromatic heterocycles. The molecule has 4 N–H and O–H groups in total. The molecular weight excluding hydrogens is 272 g/mol. The van der Waals surface area contributed by atoms with Gasteiger partial charge in [-0.15, -0.1) is 0 Å². The first kappa shape index (κ1) is 16.5. The lowest BCUT2D eigenvalue weighted by Gasteiger charge is -2.05. The number of fused-ring (bicyclic) bond motifs is 1.